The van der Waals surface area contributed by atoms with Crippen molar-refractivity contribution in [2.75, 3.05) is 12.3 Å². The predicted octanol–water partition coefficient (Wildman–Crippen LogP) is -2.43. The lowest BCUT2D eigenvalue weighted by Crippen LogP contribution is -2.57. The van der Waals surface area contributed by atoms with Crippen LogP contribution in [0.3, 0.4) is 0 Å². The van der Waals surface area contributed by atoms with E-state index in [1.54, 1.807) is 0 Å². The minimum absolute atomic E-state index is 0.0303. The van der Waals surface area contributed by atoms with Crippen LogP contribution in [-0.2, 0) is 24.0 Å². The van der Waals surface area contributed by atoms with Crippen molar-refractivity contribution in [2.45, 2.75) is 56.8 Å². The second-order valence-electron chi connectivity index (χ2n) is 6.61. The van der Waals surface area contributed by atoms with Gasteiger partial charge in [-0.3, -0.25) is 19.2 Å². The van der Waals surface area contributed by atoms with Gasteiger partial charge in [0.1, 0.15) is 18.1 Å². The van der Waals surface area contributed by atoms with Crippen molar-refractivity contribution < 1.29 is 29.1 Å². The van der Waals surface area contributed by atoms with Crippen LogP contribution in [0.2, 0.25) is 0 Å². The number of carbonyl (C=O) groups excluding carboxylic acids is 4. The van der Waals surface area contributed by atoms with Crippen molar-refractivity contribution in [3.8, 4) is 0 Å². The number of carboxylic acids is 1. The van der Waals surface area contributed by atoms with Crippen LogP contribution in [0.15, 0.2) is 0 Å². The smallest absolute Gasteiger partial charge is 0.326 e. The number of hydrogen-bond donors (Lipinski definition) is 6. The Balaban J connectivity index is 2.62. The number of carbonyl (C=O) groups is 5. The summed E-state index contributed by atoms with van der Waals surface area (Å²) in [5, 5.41) is 14.0. The van der Waals surface area contributed by atoms with Crippen molar-refractivity contribution in [3.05, 3.63) is 0 Å². The number of nitrogens with one attached hydrogen (secondary N) is 2. The zero-order chi connectivity index (χ0) is 21.4. The van der Waals surface area contributed by atoms with Crippen LogP contribution in [0.1, 0.15) is 32.6 Å². The number of nitrogens with zero attached hydrogens (tertiary/aromatic N) is 1. The van der Waals surface area contributed by atoms with E-state index in [9.17, 15) is 29.1 Å². The highest BCUT2D eigenvalue weighted by molar-refractivity contribution is 7.80. The van der Waals surface area contributed by atoms with Crippen LogP contribution in [0.4, 0.5) is 0 Å². The molecule has 0 aromatic heterocycles. The molecule has 158 valence electrons. The Hall–Kier alpha value is -2.34. The average molecular weight is 417 g/mol. The molecule has 0 aliphatic carbocycles. The SMILES string of the molecule is CC(NC(=O)C(CS)NC(=O)C(N)CCC(N)=O)C(=O)N1CCCC1C(=O)O. The zero-order valence-electron chi connectivity index (χ0n) is 15.6. The Bertz CT molecular complexity index is 631. The third-order valence-electron chi connectivity index (χ3n) is 4.40. The molecule has 1 aliphatic rings. The van der Waals surface area contributed by atoms with Crippen LogP contribution >= 0.6 is 12.6 Å². The summed E-state index contributed by atoms with van der Waals surface area (Å²) in [6.45, 7) is 1.74. The summed E-state index contributed by atoms with van der Waals surface area (Å²) >= 11 is 4.02. The number of aliphatic carboxylic acids is 1. The lowest BCUT2D eigenvalue weighted by Gasteiger charge is -2.26. The number of rotatable bonds is 10. The van der Waals surface area contributed by atoms with Gasteiger partial charge in [0.05, 0.1) is 6.04 Å². The van der Waals surface area contributed by atoms with E-state index in [0.717, 1.165) is 0 Å². The standard InChI is InChI=1S/C16H27N5O6S/c1-8(15(25)21-6-2-3-11(21)16(26)27)19-14(24)10(7-28)20-13(23)9(17)4-5-12(18)22/h8-11,28H,2-7,17H2,1H3,(H2,18,22)(H,19,24)(H,20,23)(H,26,27). The Labute approximate surface area is 168 Å². The number of thiol groups is 1. The van der Waals surface area contributed by atoms with Gasteiger partial charge in [-0.25, -0.2) is 4.79 Å². The number of nitrogens with two attached hydrogens (primary N) is 2. The second-order valence-corrected chi connectivity index (χ2v) is 6.98. The van der Waals surface area contributed by atoms with Gasteiger partial charge in [-0.05, 0) is 26.2 Å². The normalized spacial score (nSPS) is 19.4. The van der Waals surface area contributed by atoms with Crippen molar-refractivity contribution in [1.82, 2.24) is 15.5 Å². The maximum absolute atomic E-state index is 12.5. The van der Waals surface area contributed by atoms with Gasteiger partial charge in [-0.15, -0.1) is 0 Å². The quantitative estimate of drug-likeness (QED) is 0.213. The molecule has 1 aliphatic heterocycles. The van der Waals surface area contributed by atoms with Gasteiger partial charge < -0.3 is 32.1 Å². The van der Waals surface area contributed by atoms with Crippen LogP contribution in [0.25, 0.3) is 0 Å². The van der Waals surface area contributed by atoms with E-state index < -0.39 is 53.8 Å². The summed E-state index contributed by atoms with van der Waals surface area (Å²) in [4.78, 5) is 60.1. The molecular formula is C16H27N5O6S. The minimum atomic E-state index is -1.09. The topological polar surface area (TPSA) is 185 Å². The molecule has 1 rings (SSSR count). The zero-order valence-corrected chi connectivity index (χ0v) is 16.5. The summed E-state index contributed by atoms with van der Waals surface area (Å²) in [5.74, 6) is -3.56. The fraction of sp³-hybridized carbons (Fsp3) is 0.688. The number of primary amides is 1. The summed E-state index contributed by atoms with van der Waals surface area (Å²) in [7, 11) is 0. The molecule has 0 saturated carbocycles. The Morgan fingerprint density at radius 1 is 1.21 bits per heavy atom. The first-order chi connectivity index (χ1) is 13.1. The van der Waals surface area contributed by atoms with E-state index in [1.165, 1.54) is 11.8 Å². The molecule has 4 atom stereocenters. The molecule has 1 heterocycles. The Morgan fingerprint density at radius 2 is 1.86 bits per heavy atom. The molecule has 28 heavy (non-hydrogen) atoms. The second kappa shape index (κ2) is 10.9. The predicted molar refractivity (Wildman–Crippen MR) is 102 cm³/mol. The lowest BCUT2D eigenvalue weighted by atomic mass is 10.1. The minimum Gasteiger partial charge on any atom is -0.480 e. The first-order valence-corrected chi connectivity index (χ1v) is 9.50. The van der Waals surface area contributed by atoms with Crippen LogP contribution in [0, 0.1) is 0 Å². The number of likely N-dealkylation sites (tertiary alicyclic amines) is 1. The van der Waals surface area contributed by atoms with Gasteiger partial charge in [-0.2, -0.15) is 12.6 Å². The van der Waals surface area contributed by atoms with Crippen LogP contribution in [0.5, 0.6) is 0 Å². The Kier molecular flexibility index (Phi) is 9.19. The Morgan fingerprint density at radius 3 is 2.39 bits per heavy atom. The maximum atomic E-state index is 12.5. The van der Waals surface area contributed by atoms with E-state index in [2.05, 4.69) is 23.3 Å². The largest absolute Gasteiger partial charge is 0.480 e. The van der Waals surface area contributed by atoms with Gasteiger partial charge in [0.2, 0.25) is 23.6 Å². The van der Waals surface area contributed by atoms with Crippen molar-refractivity contribution in [2.24, 2.45) is 11.5 Å². The van der Waals surface area contributed by atoms with E-state index in [-0.39, 0.29) is 18.6 Å². The van der Waals surface area contributed by atoms with E-state index >= 15 is 0 Å². The number of carboxylic acid groups (broad SMARTS) is 1. The molecule has 1 saturated heterocycles. The van der Waals surface area contributed by atoms with Crippen molar-refractivity contribution in [1.29, 1.82) is 0 Å². The maximum Gasteiger partial charge on any atom is 0.326 e. The molecule has 0 radical (unpaired) electrons. The van der Waals surface area contributed by atoms with Crippen LogP contribution in [-0.4, -0.2) is 76.1 Å². The highest BCUT2D eigenvalue weighted by Crippen LogP contribution is 2.18. The van der Waals surface area contributed by atoms with Crippen molar-refractivity contribution >= 4 is 42.2 Å². The summed E-state index contributed by atoms with van der Waals surface area (Å²) < 4.78 is 0. The monoisotopic (exact) mass is 417 g/mol. The average Bonchev–Trinajstić information content (AvgIpc) is 3.12. The third-order valence-corrected chi connectivity index (χ3v) is 4.77. The van der Waals surface area contributed by atoms with E-state index in [0.29, 0.717) is 19.4 Å². The first kappa shape index (κ1) is 23.7. The summed E-state index contributed by atoms with van der Waals surface area (Å²) in [6.07, 6.45) is 0.892. The third kappa shape index (κ3) is 6.68. The number of hydrogen-bond acceptors (Lipinski definition) is 7. The fourth-order valence-electron chi connectivity index (χ4n) is 2.81. The lowest BCUT2D eigenvalue weighted by molar-refractivity contribution is -0.149. The molecule has 12 heteroatoms. The number of amides is 4. The molecule has 0 aromatic carbocycles. The van der Waals surface area contributed by atoms with Gasteiger partial charge in [-0.1, -0.05) is 0 Å². The van der Waals surface area contributed by atoms with Gasteiger partial charge in [0.25, 0.3) is 0 Å². The summed E-state index contributed by atoms with van der Waals surface area (Å²) in [6, 6.07) is -3.96. The van der Waals surface area contributed by atoms with Gasteiger partial charge in [0.15, 0.2) is 0 Å². The fourth-order valence-corrected chi connectivity index (χ4v) is 3.07. The molecule has 11 nitrogen and oxygen atoms in total. The molecule has 4 unspecified atom stereocenters. The van der Waals surface area contributed by atoms with E-state index in [4.69, 9.17) is 11.5 Å². The van der Waals surface area contributed by atoms with Crippen molar-refractivity contribution in [3.63, 3.8) is 0 Å². The molecule has 4 amide bonds. The first-order valence-electron chi connectivity index (χ1n) is 8.87. The summed E-state index contributed by atoms with van der Waals surface area (Å²) in [5.41, 5.74) is 10.7. The van der Waals surface area contributed by atoms with Crippen LogP contribution < -0.4 is 22.1 Å². The molecule has 0 spiro atoms. The molecule has 0 aromatic rings. The molecular weight excluding hydrogens is 390 g/mol. The highest BCUT2D eigenvalue weighted by atomic mass is 32.1. The van der Waals surface area contributed by atoms with E-state index in [1.807, 2.05) is 0 Å². The molecule has 0 bridgehead atoms. The molecule has 1 fully saturated rings. The highest BCUT2D eigenvalue weighted by Gasteiger charge is 2.36. The van der Waals surface area contributed by atoms with Gasteiger partial charge >= 0.3 is 5.97 Å². The molecule has 7 N–H and O–H groups in total. The van der Waals surface area contributed by atoms with Gasteiger partial charge in [0, 0.05) is 18.7 Å².